The molecule has 164 valence electrons. The molecular weight excluding hydrogens is 398 g/mol. The largest absolute Gasteiger partial charge is 0.497 e. The second-order valence-electron chi connectivity index (χ2n) is 9.27. The molecule has 0 radical (unpaired) electrons. The minimum Gasteiger partial charge on any atom is -0.497 e. The highest BCUT2D eigenvalue weighted by Gasteiger charge is 2.44. The van der Waals surface area contributed by atoms with Crippen molar-refractivity contribution in [3.8, 4) is 11.8 Å². The lowest BCUT2D eigenvalue weighted by Crippen LogP contribution is -2.42. The summed E-state index contributed by atoms with van der Waals surface area (Å²) in [5, 5.41) is 10.2. The Morgan fingerprint density at radius 1 is 1.12 bits per heavy atom. The van der Waals surface area contributed by atoms with Gasteiger partial charge in [-0.05, 0) is 53.6 Å². The molecule has 4 rings (SSSR count). The van der Waals surface area contributed by atoms with Crippen LogP contribution in [-0.4, -0.2) is 12.9 Å². The van der Waals surface area contributed by atoms with E-state index in [0.29, 0.717) is 29.8 Å². The van der Waals surface area contributed by atoms with E-state index < -0.39 is 5.92 Å². The molecule has 1 heterocycles. The topological polar surface area (TPSA) is 79.3 Å². The number of benzene rings is 2. The van der Waals surface area contributed by atoms with Crippen molar-refractivity contribution < 1.29 is 9.53 Å². The monoisotopic (exact) mass is 427 g/mol. The first-order valence-corrected chi connectivity index (χ1v) is 11.0. The van der Waals surface area contributed by atoms with E-state index in [1.807, 2.05) is 41.3 Å². The van der Waals surface area contributed by atoms with E-state index in [1.54, 1.807) is 7.11 Å². The number of hydrogen-bond donors (Lipinski definition) is 1. The summed E-state index contributed by atoms with van der Waals surface area (Å²) in [5.74, 6) is 0.752. The van der Waals surface area contributed by atoms with Gasteiger partial charge in [0.2, 0.25) is 0 Å². The zero-order valence-corrected chi connectivity index (χ0v) is 19.1. The molecule has 1 atom stereocenters. The van der Waals surface area contributed by atoms with E-state index in [9.17, 15) is 10.1 Å². The minimum absolute atomic E-state index is 0.0829. The van der Waals surface area contributed by atoms with Crippen LogP contribution in [0.4, 0.5) is 5.69 Å². The van der Waals surface area contributed by atoms with Crippen LogP contribution in [-0.2, 0) is 11.2 Å². The van der Waals surface area contributed by atoms with Crippen LogP contribution in [0.2, 0.25) is 0 Å². The van der Waals surface area contributed by atoms with E-state index in [-0.39, 0.29) is 11.2 Å². The maximum absolute atomic E-state index is 13.5. The van der Waals surface area contributed by atoms with Gasteiger partial charge < -0.3 is 10.5 Å². The van der Waals surface area contributed by atoms with Crippen molar-refractivity contribution in [1.82, 2.24) is 0 Å². The van der Waals surface area contributed by atoms with Crippen molar-refractivity contribution in [3.05, 3.63) is 82.3 Å². The van der Waals surface area contributed by atoms with E-state index >= 15 is 0 Å². The molecule has 0 amide bonds. The zero-order valence-electron chi connectivity index (χ0n) is 19.1. The molecule has 2 aromatic carbocycles. The predicted octanol–water partition coefficient (Wildman–Crippen LogP) is 5.20. The van der Waals surface area contributed by atoms with Gasteiger partial charge in [0.1, 0.15) is 11.6 Å². The van der Waals surface area contributed by atoms with Crippen LogP contribution in [0.1, 0.15) is 50.7 Å². The van der Waals surface area contributed by atoms with Gasteiger partial charge in [0.05, 0.1) is 24.7 Å². The first-order valence-electron chi connectivity index (χ1n) is 11.0. The summed E-state index contributed by atoms with van der Waals surface area (Å²) < 4.78 is 5.30. The third-order valence-electron chi connectivity index (χ3n) is 6.43. The van der Waals surface area contributed by atoms with Crippen molar-refractivity contribution in [1.29, 1.82) is 5.26 Å². The third-order valence-corrected chi connectivity index (χ3v) is 6.43. The van der Waals surface area contributed by atoms with Crippen LogP contribution in [0.3, 0.4) is 0 Å². The van der Waals surface area contributed by atoms with Crippen molar-refractivity contribution >= 4 is 11.5 Å². The van der Waals surface area contributed by atoms with Gasteiger partial charge in [-0.1, -0.05) is 45.0 Å². The Bertz CT molecular complexity index is 1150. The second kappa shape index (κ2) is 8.20. The second-order valence-corrected chi connectivity index (χ2v) is 9.27. The summed E-state index contributed by atoms with van der Waals surface area (Å²) in [5.41, 5.74) is 11.4. The van der Waals surface area contributed by atoms with Crippen molar-refractivity contribution in [3.63, 3.8) is 0 Å². The number of carbonyl (C=O) groups is 1. The Hall–Kier alpha value is -3.52. The molecule has 0 saturated carbocycles. The quantitative estimate of drug-likeness (QED) is 0.726. The predicted molar refractivity (Wildman–Crippen MR) is 126 cm³/mol. The Morgan fingerprint density at radius 3 is 2.34 bits per heavy atom. The highest BCUT2D eigenvalue weighted by atomic mass is 16.5. The Balaban J connectivity index is 1.94. The fraction of sp³-hybridized carbons (Fsp3) is 0.333. The number of nitriles is 1. The highest BCUT2D eigenvalue weighted by molar-refractivity contribution is 6.01. The maximum atomic E-state index is 13.5. The molecule has 5 nitrogen and oxygen atoms in total. The summed E-state index contributed by atoms with van der Waals surface area (Å²) in [7, 11) is 1.62. The fourth-order valence-corrected chi connectivity index (χ4v) is 4.81. The van der Waals surface area contributed by atoms with Gasteiger partial charge in [0.25, 0.3) is 0 Å². The fourth-order valence-electron chi connectivity index (χ4n) is 4.81. The van der Waals surface area contributed by atoms with Crippen molar-refractivity contribution in [2.75, 3.05) is 12.0 Å². The Labute approximate surface area is 189 Å². The summed E-state index contributed by atoms with van der Waals surface area (Å²) in [6.45, 7) is 6.31. The molecule has 2 aliphatic rings. The number of hydrogen-bond acceptors (Lipinski definition) is 5. The Kier molecular flexibility index (Phi) is 5.56. The lowest BCUT2D eigenvalue weighted by Gasteiger charge is -2.43. The molecule has 1 aliphatic carbocycles. The number of nitrogens with two attached hydrogens (primary N) is 1. The number of nitrogens with zero attached hydrogens (tertiary/aromatic N) is 2. The van der Waals surface area contributed by atoms with Gasteiger partial charge in [0, 0.05) is 23.4 Å². The molecule has 0 bridgehead atoms. The van der Waals surface area contributed by atoms with Crippen LogP contribution in [0, 0.1) is 16.7 Å². The lowest BCUT2D eigenvalue weighted by atomic mass is 9.68. The molecule has 0 fully saturated rings. The van der Waals surface area contributed by atoms with Crippen LogP contribution >= 0.6 is 0 Å². The van der Waals surface area contributed by atoms with E-state index in [1.165, 1.54) is 5.56 Å². The molecular formula is C27H29N3O2. The van der Waals surface area contributed by atoms with Gasteiger partial charge in [-0.3, -0.25) is 9.69 Å². The number of rotatable bonds is 4. The van der Waals surface area contributed by atoms with Gasteiger partial charge in [-0.15, -0.1) is 0 Å². The minimum atomic E-state index is -0.445. The van der Waals surface area contributed by atoms with Crippen LogP contribution in [0.15, 0.2) is 71.2 Å². The lowest BCUT2D eigenvalue weighted by molar-refractivity contribution is -0.118. The molecule has 32 heavy (non-hydrogen) atoms. The molecule has 0 spiro atoms. The third kappa shape index (κ3) is 3.67. The van der Waals surface area contributed by atoms with E-state index in [0.717, 1.165) is 29.1 Å². The van der Waals surface area contributed by atoms with E-state index in [4.69, 9.17) is 10.5 Å². The van der Waals surface area contributed by atoms with Gasteiger partial charge in [-0.25, -0.2) is 0 Å². The standard InChI is InChI=1S/C27H29N3O2/c1-5-17-6-8-18(9-7-17)24-21(16-28)26(29)30(19-10-12-20(32-4)13-11-19)22-14-27(2,3)15-23(31)25(22)24/h6-13,24H,5,14-15,29H2,1-4H3/t24-/m1/s1. The normalized spacial score (nSPS) is 20.2. The highest BCUT2D eigenvalue weighted by Crippen LogP contribution is 2.50. The molecule has 1 aliphatic heterocycles. The number of methoxy groups -OCH3 is 1. The van der Waals surface area contributed by atoms with Crippen molar-refractivity contribution in [2.45, 2.75) is 46.0 Å². The number of ketones is 1. The number of ether oxygens (including phenoxy) is 1. The van der Waals surface area contributed by atoms with Crippen LogP contribution < -0.4 is 15.4 Å². The number of aryl methyl sites for hydroxylation is 1. The average molecular weight is 428 g/mol. The number of allylic oxidation sites excluding steroid dienone is 3. The van der Waals surface area contributed by atoms with Gasteiger partial charge >= 0.3 is 0 Å². The molecule has 5 heteroatoms. The summed E-state index contributed by atoms with van der Waals surface area (Å²) >= 11 is 0. The van der Waals surface area contributed by atoms with Gasteiger partial charge in [0.15, 0.2) is 5.78 Å². The maximum Gasteiger partial charge on any atom is 0.162 e. The first kappa shape index (κ1) is 21.7. The average Bonchev–Trinajstić information content (AvgIpc) is 2.78. The van der Waals surface area contributed by atoms with Crippen molar-refractivity contribution in [2.24, 2.45) is 11.1 Å². The number of Topliss-reactive ketones (excluding diaryl/α,β-unsaturated/α-hetero) is 1. The van der Waals surface area contributed by atoms with Gasteiger partial charge in [-0.2, -0.15) is 5.26 Å². The zero-order chi connectivity index (χ0) is 23.0. The summed E-state index contributed by atoms with van der Waals surface area (Å²) in [4.78, 5) is 15.4. The van der Waals surface area contributed by atoms with Crippen LogP contribution in [0.5, 0.6) is 5.75 Å². The van der Waals surface area contributed by atoms with E-state index in [2.05, 4.69) is 39.0 Å². The smallest absolute Gasteiger partial charge is 0.162 e. The number of anilines is 1. The first-order chi connectivity index (χ1) is 15.3. The SMILES string of the molecule is CCc1ccc([C@@H]2C(C#N)=C(N)N(c3ccc(OC)cc3)C3=C2C(=O)CC(C)(C)C3)cc1. The molecule has 0 saturated heterocycles. The van der Waals surface area contributed by atoms with Crippen LogP contribution in [0.25, 0.3) is 0 Å². The number of carbonyl (C=O) groups excluding carboxylic acids is 1. The Morgan fingerprint density at radius 2 is 1.78 bits per heavy atom. The molecule has 0 unspecified atom stereocenters. The molecule has 0 aromatic heterocycles. The molecule has 2 aromatic rings. The molecule has 2 N–H and O–H groups in total. The summed E-state index contributed by atoms with van der Waals surface area (Å²) in [6, 6.07) is 18.0. The summed E-state index contributed by atoms with van der Waals surface area (Å²) in [6.07, 6.45) is 2.08.